The van der Waals surface area contributed by atoms with E-state index in [-0.39, 0.29) is 6.54 Å². The van der Waals surface area contributed by atoms with Crippen molar-refractivity contribution in [2.45, 2.75) is 6.92 Å². The second-order valence-corrected chi connectivity index (χ2v) is 4.66. The molecule has 1 aromatic carbocycles. The maximum atomic E-state index is 11.5. The van der Waals surface area contributed by atoms with Crippen molar-refractivity contribution in [2.24, 2.45) is 0 Å². The molecule has 0 radical (unpaired) electrons. The lowest BCUT2D eigenvalue weighted by Gasteiger charge is -2.08. The first-order valence-electron chi connectivity index (χ1n) is 5.01. The number of aryl methyl sites for hydroxylation is 1. The monoisotopic (exact) mass is 344 g/mol. The van der Waals surface area contributed by atoms with Gasteiger partial charge in [-0.3, -0.25) is 9.59 Å². The van der Waals surface area contributed by atoms with E-state index >= 15 is 0 Å². The summed E-state index contributed by atoms with van der Waals surface area (Å²) in [5, 5.41) is 4.97. The highest BCUT2D eigenvalue weighted by Crippen LogP contribution is 2.17. The van der Waals surface area contributed by atoms with Crippen molar-refractivity contribution in [3.05, 3.63) is 40.0 Å². The molecule has 0 saturated carbocycles. The highest BCUT2D eigenvalue weighted by Gasteiger charge is 2.13. The van der Waals surface area contributed by atoms with Crippen molar-refractivity contribution in [1.82, 2.24) is 5.32 Å². The third-order valence-corrected chi connectivity index (χ3v) is 2.72. The minimum absolute atomic E-state index is 0.276. The lowest BCUT2D eigenvalue weighted by Crippen LogP contribution is -2.35. The molecule has 0 unspecified atom stereocenters. The van der Waals surface area contributed by atoms with E-state index < -0.39 is 11.8 Å². The Morgan fingerprint density at radius 2 is 2.12 bits per heavy atom. The standard InChI is InChI=1S/C12H13IN2O2/c1-3-6-14-11(16)12(17)15-10-5-4-9(13)7-8(10)2/h3-5,7H,1,6H2,2H3,(H,14,16)(H,15,17). The van der Waals surface area contributed by atoms with E-state index in [0.717, 1.165) is 9.13 Å². The van der Waals surface area contributed by atoms with Gasteiger partial charge in [0.15, 0.2) is 0 Å². The van der Waals surface area contributed by atoms with E-state index in [4.69, 9.17) is 0 Å². The molecule has 0 atom stereocenters. The number of halogens is 1. The topological polar surface area (TPSA) is 58.2 Å². The normalized spacial score (nSPS) is 9.53. The summed E-state index contributed by atoms with van der Waals surface area (Å²) in [6, 6.07) is 5.57. The number of benzene rings is 1. The zero-order valence-corrected chi connectivity index (χ0v) is 11.6. The van der Waals surface area contributed by atoms with Crippen LogP contribution in [0.15, 0.2) is 30.9 Å². The number of carbonyl (C=O) groups excluding carboxylic acids is 2. The first-order valence-corrected chi connectivity index (χ1v) is 6.08. The summed E-state index contributed by atoms with van der Waals surface area (Å²) in [5.74, 6) is -1.33. The molecule has 5 heteroatoms. The molecule has 0 aliphatic rings. The van der Waals surface area contributed by atoms with Crippen LogP contribution in [0.4, 0.5) is 5.69 Å². The summed E-state index contributed by atoms with van der Waals surface area (Å²) in [7, 11) is 0. The number of nitrogens with one attached hydrogen (secondary N) is 2. The number of anilines is 1. The van der Waals surface area contributed by atoms with Gasteiger partial charge < -0.3 is 10.6 Å². The Bertz CT molecular complexity index is 458. The summed E-state index contributed by atoms with van der Waals surface area (Å²) in [6.07, 6.45) is 1.52. The number of carbonyl (C=O) groups is 2. The van der Waals surface area contributed by atoms with Gasteiger partial charge in [0.2, 0.25) is 0 Å². The molecule has 1 rings (SSSR count). The summed E-state index contributed by atoms with van der Waals surface area (Å²) in [4.78, 5) is 22.8. The Balaban J connectivity index is 2.67. The fraction of sp³-hybridized carbons (Fsp3) is 0.167. The quantitative estimate of drug-likeness (QED) is 0.500. The number of amides is 2. The van der Waals surface area contributed by atoms with Gasteiger partial charge >= 0.3 is 11.8 Å². The lowest BCUT2D eigenvalue weighted by molar-refractivity contribution is -0.136. The van der Waals surface area contributed by atoms with Gasteiger partial charge in [-0.25, -0.2) is 0 Å². The molecular weight excluding hydrogens is 331 g/mol. The van der Waals surface area contributed by atoms with Gasteiger partial charge in [0.05, 0.1) is 0 Å². The Hall–Kier alpha value is -1.37. The number of rotatable bonds is 3. The molecule has 0 aromatic heterocycles. The minimum Gasteiger partial charge on any atom is -0.344 e. The van der Waals surface area contributed by atoms with E-state index in [9.17, 15) is 9.59 Å². The predicted octanol–water partition coefficient (Wildman–Crippen LogP) is 1.84. The van der Waals surface area contributed by atoms with Crippen LogP contribution in [0, 0.1) is 10.5 Å². The van der Waals surface area contributed by atoms with Crippen LogP contribution in [0.1, 0.15) is 5.56 Å². The van der Waals surface area contributed by atoms with E-state index in [2.05, 4.69) is 39.8 Å². The van der Waals surface area contributed by atoms with Crippen molar-refractivity contribution in [3.63, 3.8) is 0 Å². The van der Waals surface area contributed by atoms with Crippen molar-refractivity contribution < 1.29 is 9.59 Å². The van der Waals surface area contributed by atoms with E-state index in [1.54, 1.807) is 6.07 Å². The van der Waals surface area contributed by atoms with Gasteiger partial charge in [-0.05, 0) is 53.3 Å². The van der Waals surface area contributed by atoms with E-state index in [0.29, 0.717) is 5.69 Å². The Kier molecular flexibility index (Phi) is 5.14. The van der Waals surface area contributed by atoms with Gasteiger partial charge in [-0.15, -0.1) is 6.58 Å². The lowest BCUT2D eigenvalue weighted by atomic mass is 10.2. The van der Waals surface area contributed by atoms with Crippen molar-refractivity contribution >= 4 is 40.1 Å². The Morgan fingerprint density at radius 1 is 1.41 bits per heavy atom. The molecule has 0 fully saturated rings. The minimum atomic E-state index is -0.670. The van der Waals surface area contributed by atoms with Gasteiger partial charge in [-0.2, -0.15) is 0 Å². The maximum absolute atomic E-state index is 11.5. The SMILES string of the molecule is C=CCNC(=O)C(=O)Nc1ccc(I)cc1C. The fourth-order valence-corrected chi connectivity index (χ4v) is 1.84. The molecule has 90 valence electrons. The second-order valence-electron chi connectivity index (χ2n) is 3.41. The summed E-state index contributed by atoms with van der Waals surface area (Å²) in [5.41, 5.74) is 1.56. The average Bonchev–Trinajstić information content (AvgIpc) is 2.29. The van der Waals surface area contributed by atoms with Crippen LogP contribution in [0.5, 0.6) is 0 Å². The first kappa shape index (κ1) is 13.7. The third kappa shape index (κ3) is 4.18. The molecular formula is C12H13IN2O2. The molecule has 2 amide bonds. The summed E-state index contributed by atoms with van der Waals surface area (Å²) >= 11 is 2.18. The first-order chi connectivity index (χ1) is 8.04. The Morgan fingerprint density at radius 3 is 2.71 bits per heavy atom. The maximum Gasteiger partial charge on any atom is 0.313 e. The van der Waals surface area contributed by atoms with E-state index in [1.807, 2.05) is 19.1 Å². The molecule has 2 N–H and O–H groups in total. The number of hydrogen-bond donors (Lipinski definition) is 2. The molecule has 0 spiro atoms. The predicted molar refractivity (Wildman–Crippen MR) is 75.7 cm³/mol. The van der Waals surface area contributed by atoms with Crippen LogP contribution in [0.3, 0.4) is 0 Å². The second kappa shape index (κ2) is 6.39. The molecule has 0 saturated heterocycles. The Labute approximate surface area is 114 Å². The third-order valence-electron chi connectivity index (χ3n) is 2.05. The van der Waals surface area contributed by atoms with Crippen molar-refractivity contribution in [1.29, 1.82) is 0 Å². The molecule has 4 nitrogen and oxygen atoms in total. The molecule has 0 aliphatic heterocycles. The van der Waals surface area contributed by atoms with Crippen LogP contribution in [-0.4, -0.2) is 18.4 Å². The zero-order chi connectivity index (χ0) is 12.8. The van der Waals surface area contributed by atoms with E-state index in [1.165, 1.54) is 6.08 Å². The molecule has 0 bridgehead atoms. The molecule has 0 aliphatic carbocycles. The van der Waals surface area contributed by atoms with Crippen LogP contribution in [0.25, 0.3) is 0 Å². The zero-order valence-electron chi connectivity index (χ0n) is 9.42. The van der Waals surface area contributed by atoms with Crippen LogP contribution in [0.2, 0.25) is 0 Å². The van der Waals surface area contributed by atoms with Crippen LogP contribution >= 0.6 is 22.6 Å². The average molecular weight is 344 g/mol. The van der Waals surface area contributed by atoms with Gasteiger partial charge in [-0.1, -0.05) is 6.08 Å². The van der Waals surface area contributed by atoms with Gasteiger partial charge in [0.25, 0.3) is 0 Å². The highest BCUT2D eigenvalue weighted by atomic mass is 127. The van der Waals surface area contributed by atoms with Crippen LogP contribution in [-0.2, 0) is 9.59 Å². The van der Waals surface area contributed by atoms with Gasteiger partial charge in [0.1, 0.15) is 0 Å². The van der Waals surface area contributed by atoms with Crippen LogP contribution < -0.4 is 10.6 Å². The summed E-state index contributed by atoms with van der Waals surface area (Å²) < 4.78 is 1.08. The van der Waals surface area contributed by atoms with Crippen molar-refractivity contribution in [3.8, 4) is 0 Å². The molecule has 1 aromatic rings. The highest BCUT2D eigenvalue weighted by molar-refractivity contribution is 14.1. The number of hydrogen-bond acceptors (Lipinski definition) is 2. The smallest absolute Gasteiger partial charge is 0.313 e. The summed E-state index contributed by atoms with van der Waals surface area (Å²) in [6.45, 7) is 5.60. The largest absolute Gasteiger partial charge is 0.344 e. The van der Waals surface area contributed by atoms with Crippen molar-refractivity contribution in [2.75, 3.05) is 11.9 Å². The molecule has 0 heterocycles. The van der Waals surface area contributed by atoms with Gasteiger partial charge in [0, 0.05) is 15.8 Å². The fourth-order valence-electron chi connectivity index (χ4n) is 1.19. The molecule has 17 heavy (non-hydrogen) atoms.